The van der Waals surface area contributed by atoms with Gasteiger partial charge in [-0.15, -0.1) is 0 Å². The third-order valence-electron chi connectivity index (χ3n) is 3.42. The minimum absolute atomic E-state index is 0.0104. The summed E-state index contributed by atoms with van der Waals surface area (Å²) in [5.41, 5.74) is 7.68. The Morgan fingerprint density at radius 2 is 1.94 bits per heavy atom. The summed E-state index contributed by atoms with van der Waals surface area (Å²) in [7, 11) is 2.15. The van der Waals surface area contributed by atoms with Crippen LogP contribution < -0.4 is 5.73 Å². The average Bonchev–Trinajstić information content (AvgIpc) is 3.01. The average molecular weight is 218 g/mol. The van der Waals surface area contributed by atoms with Gasteiger partial charge in [-0.25, -0.2) is 0 Å². The summed E-state index contributed by atoms with van der Waals surface area (Å²) in [6, 6.07) is 10.6. The molecule has 0 amide bonds. The first-order valence-corrected chi connectivity index (χ1v) is 6.09. The van der Waals surface area contributed by atoms with E-state index in [1.54, 1.807) is 0 Å². The number of hydrogen-bond donors (Lipinski definition) is 1. The first-order valence-electron chi connectivity index (χ1n) is 6.09. The minimum atomic E-state index is -0.0104. The van der Waals surface area contributed by atoms with E-state index in [4.69, 9.17) is 5.73 Å². The molecule has 1 unspecified atom stereocenters. The number of rotatable bonds is 5. The smallest absolute Gasteiger partial charge is 0.0283 e. The summed E-state index contributed by atoms with van der Waals surface area (Å²) in [4.78, 5) is 2.33. The molecule has 2 rings (SSSR count). The number of benzene rings is 1. The van der Waals surface area contributed by atoms with Gasteiger partial charge in [-0.3, -0.25) is 0 Å². The predicted molar refractivity (Wildman–Crippen MR) is 68.1 cm³/mol. The van der Waals surface area contributed by atoms with Crippen molar-refractivity contribution in [2.45, 2.75) is 31.8 Å². The Morgan fingerprint density at radius 3 is 2.50 bits per heavy atom. The molecule has 0 heterocycles. The number of hydrogen-bond acceptors (Lipinski definition) is 2. The Bertz CT molecular complexity index is 328. The van der Waals surface area contributed by atoms with Gasteiger partial charge in [0, 0.05) is 18.6 Å². The Balaban J connectivity index is 1.86. The molecule has 1 atom stereocenters. The van der Waals surface area contributed by atoms with Crippen molar-refractivity contribution in [1.29, 1.82) is 0 Å². The lowest BCUT2D eigenvalue weighted by Gasteiger charge is -2.30. The molecule has 1 saturated carbocycles. The summed E-state index contributed by atoms with van der Waals surface area (Å²) in [6.07, 6.45) is 2.62. The van der Waals surface area contributed by atoms with Crippen LogP contribution >= 0.6 is 0 Å². The zero-order valence-electron chi connectivity index (χ0n) is 10.3. The number of nitrogens with two attached hydrogens (primary N) is 1. The molecule has 0 bridgehead atoms. The molecule has 0 aliphatic heterocycles. The Hall–Kier alpha value is -0.860. The van der Waals surface area contributed by atoms with Gasteiger partial charge in [-0.05, 0) is 38.3 Å². The zero-order chi connectivity index (χ0) is 11.6. The maximum atomic E-state index is 6.33. The second-order valence-electron chi connectivity index (χ2n) is 5.44. The summed E-state index contributed by atoms with van der Waals surface area (Å²) in [5, 5.41) is 0. The largest absolute Gasteiger partial charge is 0.324 e. The highest BCUT2D eigenvalue weighted by Gasteiger charge is 2.38. The van der Waals surface area contributed by atoms with Crippen LogP contribution in [0.3, 0.4) is 0 Å². The van der Waals surface area contributed by atoms with Crippen LogP contribution in [0.5, 0.6) is 0 Å². The van der Waals surface area contributed by atoms with Crippen LogP contribution in [-0.2, 0) is 6.54 Å². The maximum Gasteiger partial charge on any atom is 0.0283 e. The standard InChI is InChI=1S/C14H22N2/c1-14(15,13-8-9-13)11-16(2)10-12-6-4-3-5-7-12/h3-7,13H,8-11,15H2,1-2H3. The highest BCUT2D eigenvalue weighted by molar-refractivity contribution is 5.14. The summed E-state index contributed by atoms with van der Waals surface area (Å²) in [5.74, 6) is 0.741. The zero-order valence-corrected chi connectivity index (χ0v) is 10.3. The highest BCUT2D eigenvalue weighted by Crippen LogP contribution is 2.38. The topological polar surface area (TPSA) is 29.3 Å². The Kier molecular flexibility index (Phi) is 3.31. The van der Waals surface area contributed by atoms with Gasteiger partial charge in [0.1, 0.15) is 0 Å². The highest BCUT2D eigenvalue weighted by atomic mass is 15.1. The van der Waals surface area contributed by atoms with Gasteiger partial charge in [0.05, 0.1) is 0 Å². The molecule has 1 aromatic carbocycles. The van der Waals surface area contributed by atoms with Crippen LogP contribution in [0, 0.1) is 5.92 Å². The van der Waals surface area contributed by atoms with E-state index in [1.165, 1.54) is 18.4 Å². The minimum Gasteiger partial charge on any atom is -0.324 e. The van der Waals surface area contributed by atoms with Crippen LogP contribution in [0.25, 0.3) is 0 Å². The van der Waals surface area contributed by atoms with Gasteiger partial charge in [-0.1, -0.05) is 30.3 Å². The monoisotopic (exact) mass is 218 g/mol. The Morgan fingerprint density at radius 1 is 1.31 bits per heavy atom. The molecule has 0 radical (unpaired) electrons. The third-order valence-corrected chi connectivity index (χ3v) is 3.42. The van der Waals surface area contributed by atoms with Crippen molar-refractivity contribution in [3.63, 3.8) is 0 Å². The lowest BCUT2D eigenvalue weighted by Crippen LogP contribution is -2.48. The van der Waals surface area contributed by atoms with E-state index >= 15 is 0 Å². The van der Waals surface area contributed by atoms with E-state index in [0.29, 0.717) is 0 Å². The SMILES string of the molecule is CN(Cc1ccccc1)CC(C)(N)C1CC1. The van der Waals surface area contributed by atoms with Crippen LogP contribution in [0.1, 0.15) is 25.3 Å². The van der Waals surface area contributed by atoms with E-state index < -0.39 is 0 Å². The first-order chi connectivity index (χ1) is 7.58. The molecule has 0 spiro atoms. The molecule has 88 valence electrons. The second kappa shape index (κ2) is 4.56. The summed E-state index contributed by atoms with van der Waals surface area (Å²) < 4.78 is 0. The van der Waals surface area contributed by atoms with Crippen LogP contribution in [-0.4, -0.2) is 24.0 Å². The van der Waals surface area contributed by atoms with Crippen molar-refractivity contribution in [2.24, 2.45) is 11.7 Å². The summed E-state index contributed by atoms with van der Waals surface area (Å²) in [6.45, 7) is 4.15. The molecule has 1 fully saturated rings. The second-order valence-corrected chi connectivity index (χ2v) is 5.44. The lowest BCUT2D eigenvalue weighted by molar-refractivity contribution is 0.232. The fourth-order valence-corrected chi connectivity index (χ4v) is 2.40. The molecule has 0 aromatic heterocycles. The first kappa shape index (κ1) is 11.6. The van der Waals surface area contributed by atoms with E-state index in [9.17, 15) is 0 Å². The number of nitrogens with zero attached hydrogens (tertiary/aromatic N) is 1. The maximum absolute atomic E-state index is 6.33. The van der Waals surface area contributed by atoms with Crippen molar-refractivity contribution in [1.82, 2.24) is 4.90 Å². The van der Waals surface area contributed by atoms with Crippen molar-refractivity contribution >= 4 is 0 Å². The quantitative estimate of drug-likeness (QED) is 0.821. The van der Waals surface area contributed by atoms with Crippen LogP contribution in [0.2, 0.25) is 0 Å². The van der Waals surface area contributed by atoms with Gasteiger partial charge >= 0.3 is 0 Å². The van der Waals surface area contributed by atoms with Gasteiger partial charge in [-0.2, -0.15) is 0 Å². The van der Waals surface area contributed by atoms with Gasteiger partial charge in [0.15, 0.2) is 0 Å². The van der Waals surface area contributed by atoms with Crippen molar-refractivity contribution in [3.05, 3.63) is 35.9 Å². The van der Waals surface area contributed by atoms with Crippen molar-refractivity contribution < 1.29 is 0 Å². The molecular formula is C14H22N2. The van der Waals surface area contributed by atoms with Crippen LogP contribution in [0.15, 0.2) is 30.3 Å². The third kappa shape index (κ3) is 3.06. The molecular weight excluding hydrogens is 196 g/mol. The molecule has 2 heteroatoms. The van der Waals surface area contributed by atoms with E-state index in [0.717, 1.165) is 19.0 Å². The van der Waals surface area contributed by atoms with E-state index in [2.05, 4.69) is 49.2 Å². The molecule has 1 aromatic rings. The molecule has 2 nitrogen and oxygen atoms in total. The normalized spacial score (nSPS) is 19.8. The molecule has 16 heavy (non-hydrogen) atoms. The van der Waals surface area contributed by atoms with E-state index in [1.807, 2.05) is 0 Å². The van der Waals surface area contributed by atoms with Gasteiger partial charge < -0.3 is 10.6 Å². The molecule has 0 saturated heterocycles. The molecule has 1 aliphatic rings. The fraction of sp³-hybridized carbons (Fsp3) is 0.571. The molecule has 2 N–H and O–H groups in total. The van der Waals surface area contributed by atoms with E-state index in [-0.39, 0.29) is 5.54 Å². The number of likely N-dealkylation sites (N-methyl/N-ethyl adjacent to an activating group) is 1. The van der Waals surface area contributed by atoms with Crippen LogP contribution in [0.4, 0.5) is 0 Å². The summed E-state index contributed by atoms with van der Waals surface area (Å²) >= 11 is 0. The predicted octanol–water partition coefficient (Wildman–Crippen LogP) is 2.25. The van der Waals surface area contributed by atoms with Gasteiger partial charge in [0.25, 0.3) is 0 Å². The fourth-order valence-electron chi connectivity index (χ4n) is 2.40. The van der Waals surface area contributed by atoms with Crippen molar-refractivity contribution in [3.8, 4) is 0 Å². The van der Waals surface area contributed by atoms with Crippen molar-refractivity contribution in [2.75, 3.05) is 13.6 Å². The molecule has 1 aliphatic carbocycles. The lowest BCUT2D eigenvalue weighted by atomic mass is 9.96. The van der Waals surface area contributed by atoms with Gasteiger partial charge in [0.2, 0.25) is 0 Å². The Labute approximate surface area is 98.4 Å².